The molecule has 1 aromatic rings. The Morgan fingerprint density at radius 2 is 1.95 bits per heavy atom. The zero-order valence-electron chi connectivity index (χ0n) is 12.3. The molecule has 0 bridgehead atoms. The summed E-state index contributed by atoms with van der Waals surface area (Å²) in [6.07, 6.45) is 2.44. The van der Waals surface area contributed by atoms with Crippen LogP contribution in [-0.2, 0) is 4.79 Å². The molecule has 5 heteroatoms. The van der Waals surface area contributed by atoms with Crippen LogP contribution in [0.4, 0.5) is 0 Å². The highest BCUT2D eigenvalue weighted by molar-refractivity contribution is 6.37. The molecular weight excluding hydrogens is 309 g/mol. The van der Waals surface area contributed by atoms with Crippen LogP contribution in [0.3, 0.4) is 0 Å². The molecule has 0 aromatic heterocycles. The van der Waals surface area contributed by atoms with Gasteiger partial charge in [0.25, 0.3) is 0 Å². The van der Waals surface area contributed by atoms with E-state index in [1.165, 1.54) is 0 Å². The summed E-state index contributed by atoms with van der Waals surface area (Å²) in [5.74, 6) is 0.689. The predicted octanol–water partition coefficient (Wildman–Crippen LogP) is 4.07. The van der Waals surface area contributed by atoms with Crippen molar-refractivity contribution in [2.24, 2.45) is 0 Å². The second-order valence-corrected chi connectivity index (χ2v) is 5.77. The summed E-state index contributed by atoms with van der Waals surface area (Å²) in [6.45, 7) is 6.93. The maximum absolute atomic E-state index is 12.0. The lowest BCUT2D eigenvalue weighted by atomic mass is 10.0. The average Bonchev–Trinajstić information content (AvgIpc) is 2.45. The second-order valence-electron chi connectivity index (χ2n) is 4.96. The molecule has 3 nitrogen and oxygen atoms in total. The molecule has 0 spiro atoms. The zero-order chi connectivity index (χ0) is 15.4. The van der Waals surface area contributed by atoms with Crippen LogP contribution in [0.2, 0.25) is 10.0 Å². The Hall–Kier alpha value is -1.03. The SMILES string of the molecule is CCOc1c(Cl)cc(/C=C2\CN(CC)CCC2=O)cc1Cl. The molecule has 1 aromatic carbocycles. The second kappa shape index (κ2) is 7.30. The smallest absolute Gasteiger partial charge is 0.161 e. The third kappa shape index (κ3) is 4.00. The van der Waals surface area contributed by atoms with Gasteiger partial charge in [-0.1, -0.05) is 30.1 Å². The molecule has 0 radical (unpaired) electrons. The number of nitrogens with zero attached hydrogens (tertiary/aromatic N) is 1. The number of rotatable bonds is 4. The fraction of sp³-hybridized carbons (Fsp3) is 0.438. The Bertz CT molecular complexity index is 546. The average molecular weight is 328 g/mol. The summed E-state index contributed by atoms with van der Waals surface area (Å²) in [6, 6.07) is 3.56. The van der Waals surface area contributed by atoms with Crippen molar-refractivity contribution in [2.75, 3.05) is 26.2 Å². The molecule has 1 heterocycles. The van der Waals surface area contributed by atoms with Gasteiger partial charge in [-0.05, 0) is 37.2 Å². The first kappa shape index (κ1) is 16.3. The molecular formula is C16H19Cl2NO2. The monoisotopic (exact) mass is 327 g/mol. The predicted molar refractivity (Wildman–Crippen MR) is 87.3 cm³/mol. The summed E-state index contributed by atoms with van der Waals surface area (Å²) in [4.78, 5) is 14.3. The maximum Gasteiger partial charge on any atom is 0.161 e. The highest BCUT2D eigenvalue weighted by Crippen LogP contribution is 2.35. The molecule has 0 aliphatic carbocycles. The molecule has 1 aliphatic heterocycles. The van der Waals surface area contributed by atoms with E-state index in [1.807, 2.05) is 13.0 Å². The molecule has 0 saturated carbocycles. The van der Waals surface area contributed by atoms with Crippen LogP contribution in [0.5, 0.6) is 5.75 Å². The van der Waals surface area contributed by atoms with Gasteiger partial charge in [0, 0.05) is 25.1 Å². The first-order chi connectivity index (χ1) is 10.0. The number of ether oxygens (including phenoxy) is 1. The number of carbonyl (C=O) groups is 1. The van der Waals surface area contributed by atoms with Crippen molar-refractivity contribution >= 4 is 35.1 Å². The maximum atomic E-state index is 12.0. The van der Waals surface area contributed by atoms with Crippen molar-refractivity contribution in [3.8, 4) is 5.75 Å². The van der Waals surface area contributed by atoms with Crippen molar-refractivity contribution in [2.45, 2.75) is 20.3 Å². The van der Waals surface area contributed by atoms with E-state index in [4.69, 9.17) is 27.9 Å². The number of carbonyl (C=O) groups excluding carboxylic acids is 1. The van der Waals surface area contributed by atoms with E-state index in [0.717, 1.165) is 24.2 Å². The van der Waals surface area contributed by atoms with Crippen LogP contribution in [0.1, 0.15) is 25.8 Å². The number of hydrogen-bond donors (Lipinski definition) is 0. The van der Waals surface area contributed by atoms with Gasteiger partial charge < -0.3 is 4.74 Å². The van der Waals surface area contributed by atoms with Gasteiger partial charge in [0.1, 0.15) is 0 Å². The lowest BCUT2D eigenvalue weighted by molar-refractivity contribution is -0.117. The fourth-order valence-electron chi connectivity index (χ4n) is 2.37. The summed E-state index contributed by atoms with van der Waals surface area (Å²) in [5, 5.41) is 0.929. The number of piperidine rings is 1. The van der Waals surface area contributed by atoms with Crippen LogP contribution in [0, 0.1) is 0 Å². The molecule has 114 valence electrons. The van der Waals surface area contributed by atoms with Crippen LogP contribution >= 0.6 is 23.2 Å². The van der Waals surface area contributed by atoms with E-state index in [1.54, 1.807) is 12.1 Å². The molecule has 0 amide bonds. The topological polar surface area (TPSA) is 29.5 Å². The summed E-state index contributed by atoms with van der Waals surface area (Å²) < 4.78 is 5.41. The number of hydrogen-bond acceptors (Lipinski definition) is 3. The Kier molecular flexibility index (Phi) is 5.68. The van der Waals surface area contributed by atoms with Crippen molar-refractivity contribution in [1.82, 2.24) is 4.90 Å². The molecule has 0 N–H and O–H groups in total. The summed E-state index contributed by atoms with van der Waals surface area (Å²) in [7, 11) is 0. The largest absolute Gasteiger partial charge is 0.491 e. The van der Waals surface area contributed by atoms with Crippen LogP contribution < -0.4 is 4.74 Å². The van der Waals surface area contributed by atoms with E-state index < -0.39 is 0 Å². The zero-order valence-corrected chi connectivity index (χ0v) is 13.8. The summed E-state index contributed by atoms with van der Waals surface area (Å²) >= 11 is 12.4. The van der Waals surface area contributed by atoms with Gasteiger partial charge in [-0.15, -0.1) is 0 Å². The first-order valence-corrected chi connectivity index (χ1v) is 7.88. The molecule has 1 saturated heterocycles. The Morgan fingerprint density at radius 3 is 2.52 bits per heavy atom. The quantitative estimate of drug-likeness (QED) is 0.780. The van der Waals surface area contributed by atoms with Gasteiger partial charge in [-0.3, -0.25) is 9.69 Å². The third-order valence-electron chi connectivity index (χ3n) is 3.50. The highest BCUT2D eigenvalue weighted by atomic mass is 35.5. The molecule has 1 fully saturated rings. The van der Waals surface area contributed by atoms with E-state index in [9.17, 15) is 4.79 Å². The standard InChI is InChI=1S/C16H19Cl2NO2/c1-3-19-6-5-15(20)12(10-19)7-11-8-13(17)16(21-4-2)14(18)9-11/h7-9H,3-6,10H2,1-2H3/b12-7+. The first-order valence-electron chi connectivity index (χ1n) is 7.13. The molecule has 0 atom stereocenters. The van der Waals surface area contributed by atoms with Gasteiger partial charge in [-0.25, -0.2) is 0 Å². The normalized spacial score (nSPS) is 18.3. The number of Topliss-reactive ketones (excluding diaryl/α,β-unsaturated/α-hetero) is 1. The Labute approximate surface area is 135 Å². The number of benzene rings is 1. The summed E-state index contributed by atoms with van der Waals surface area (Å²) in [5.41, 5.74) is 1.63. The van der Waals surface area contributed by atoms with E-state index >= 15 is 0 Å². The van der Waals surface area contributed by atoms with Crippen molar-refractivity contribution in [3.05, 3.63) is 33.3 Å². The minimum Gasteiger partial charge on any atom is -0.491 e. The number of halogens is 2. The Balaban J connectivity index is 2.29. The van der Waals surface area contributed by atoms with Crippen LogP contribution in [-0.4, -0.2) is 36.9 Å². The van der Waals surface area contributed by atoms with Crippen molar-refractivity contribution < 1.29 is 9.53 Å². The van der Waals surface area contributed by atoms with Crippen LogP contribution in [0.25, 0.3) is 6.08 Å². The minimum atomic E-state index is 0.195. The number of likely N-dealkylation sites (tertiary alicyclic amines) is 1. The third-order valence-corrected chi connectivity index (χ3v) is 4.07. The number of likely N-dealkylation sites (N-methyl/N-ethyl adjacent to an activating group) is 1. The molecule has 1 aliphatic rings. The molecule has 0 unspecified atom stereocenters. The fourth-order valence-corrected chi connectivity index (χ4v) is 2.98. The van der Waals surface area contributed by atoms with Gasteiger partial charge in [0.2, 0.25) is 0 Å². The van der Waals surface area contributed by atoms with Gasteiger partial charge >= 0.3 is 0 Å². The van der Waals surface area contributed by atoms with Crippen molar-refractivity contribution in [1.29, 1.82) is 0 Å². The molecule has 2 rings (SSSR count). The lowest BCUT2D eigenvalue weighted by Crippen LogP contribution is -2.35. The van der Waals surface area contributed by atoms with E-state index in [-0.39, 0.29) is 5.78 Å². The Morgan fingerprint density at radius 1 is 1.29 bits per heavy atom. The number of ketones is 1. The van der Waals surface area contributed by atoms with E-state index in [0.29, 0.717) is 35.4 Å². The lowest BCUT2D eigenvalue weighted by Gasteiger charge is -2.26. The van der Waals surface area contributed by atoms with Gasteiger partial charge in [0.15, 0.2) is 11.5 Å². The minimum absolute atomic E-state index is 0.195. The van der Waals surface area contributed by atoms with Crippen LogP contribution in [0.15, 0.2) is 17.7 Å². The molecule has 21 heavy (non-hydrogen) atoms. The van der Waals surface area contributed by atoms with Gasteiger partial charge in [-0.2, -0.15) is 0 Å². The van der Waals surface area contributed by atoms with Crippen molar-refractivity contribution in [3.63, 3.8) is 0 Å². The highest BCUT2D eigenvalue weighted by Gasteiger charge is 2.20. The van der Waals surface area contributed by atoms with Gasteiger partial charge in [0.05, 0.1) is 16.7 Å². The van der Waals surface area contributed by atoms with E-state index in [2.05, 4.69) is 11.8 Å².